The predicted molar refractivity (Wildman–Crippen MR) is 84.1 cm³/mol. The minimum atomic E-state index is 0. The molecule has 2 aliphatic rings. The van der Waals surface area contributed by atoms with E-state index >= 15 is 0 Å². The van der Waals surface area contributed by atoms with Crippen LogP contribution in [0.3, 0.4) is 0 Å². The second-order valence-corrected chi connectivity index (χ2v) is 7.69. The third-order valence-corrected chi connectivity index (χ3v) is 4.55. The summed E-state index contributed by atoms with van der Waals surface area (Å²) in [5.74, 6) is 0. The zero-order valence-electron chi connectivity index (χ0n) is 12.8. The zero-order valence-corrected chi connectivity index (χ0v) is 12.8. The molecule has 0 aromatic carbocycles. The van der Waals surface area contributed by atoms with Gasteiger partial charge in [0, 0.05) is 0 Å². The summed E-state index contributed by atoms with van der Waals surface area (Å²) >= 11 is 0. The van der Waals surface area contributed by atoms with E-state index in [-0.39, 0.29) is 7.43 Å². The van der Waals surface area contributed by atoms with Gasteiger partial charge in [-0.15, -0.1) is 0 Å². The first-order valence-electron chi connectivity index (χ1n) is 7.49. The summed E-state index contributed by atoms with van der Waals surface area (Å²) < 4.78 is 0. The molecule has 1 saturated carbocycles. The Bertz CT molecular complexity index is 200. The maximum atomic E-state index is 2.41. The van der Waals surface area contributed by atoms with E-state index in [4.69, 9.17) is 0 Å². The van der Waals surface area contributed by atoms with E-state index in [9.17, 15) is 0 Å². The molecule has 1 aliphatic heterocycles. The molecule has 0 radical (unpaired) electrons. The van der Waals surface area contributed by atoms with Crippen LogP contribution in [0, 0.1) is 10.8 Å². The Morgan fingerprint density at radius 3 is 1.33 bits per heavy atom. The van der Waals surface area contributed by atoms with Crippen LogP contribution in [0.15, 0.2) is 0 Å². The van der Waals surface area contributed by atoms with Crippen LogP contribution < -0.4 is 0 Å². The molecule has 0 spiro atoms. The van der Waals surface area contributed by atoms with Crippen LogP contribution >= 0.6 is 0 Å². The average Bonchev–Trinajstić information content (AvgIpc) is 2.23. The van der Waals surface area contributed by atoms with E-state index in [0.29, 0.717) is 10.8 Å². The Balaban J connectivity index is 0.000000306. The smallest absolute Gasteiger partial charge is 0.00167 e. The van der Waals surface area contributed by atoms with Gasteiger partial charge in [-0.25, -0.2) is 0 Å². The molecule has 2 rings (SSSR count). The van der Waals surface area contributed by atoms with Gasteiger partial charge in [0.05, 0.1) is 0 Å². The van der Waals surface area contributed by atoms with Crippen molar-refractivity contribution >= 4 is 0 Å². The number of nitrogens with zero attached hydrogens (tertiary/aromatic N) is 1. The Morgan fingerprint density at radius 1 is 0.667 bits per heavy atom. The summed E-state index contributed by atoms with van der Waals surface area (Å²) in [6.45, 7) is 12.1. The van der Waals surface area contributed by atoms with Gasteiger partial charge in [-0.2, -0.15) is 0 Å². The maximum absolute atomic E-state index is 2.41. The monoisotopic (exact) mass is 255 g/mol. The van der Waals surface area contributed by atoms with Crippen molar-refractivity contribution in [2.45, 2.75) is 80.1 Å². The fourth-order valence-electron chi connectivity index (χ4n) is 2.73. The van der Waals surface area contributed by atoms with Gasteiger partial charge in [0.2, 0.25) is 0 Å². The topological polar surface area (TPSA) is 3.24 Å². The fraction of sp³-hybridized carbons (Fsp3) is 1.00. The van der Waals surface area contributed by atoms with Crippen molar-refractivity contribution in [2.75, 3.05) is 20.1 Å². The quantitative estimate of drug-likeness (QED) is 0.564. The highest BCUT2D eigenvalue weighted by Crippen LogP contribution is 2.34. The maximum Gasteiger partial charge on any atom is -0.00167 e. The van der Waals surface area contributed by atoms with E-state index in [1.54, 1.807) is 0 Å². The standard InChI is InChI=1S/C8H17N.C8H16.CH4/c1-8(2)4-6-9(3)7-5-8;1-8(2)6-4-3-5-7-8;/h4-7H2,1-3H3;3-7H2,1-2H3;1H4. The summed E-state index contributed by atoms with van der Waals surface area (Å²) in [4.78, 5) is 2.41. The van der Waals surface area contributed by atoms with Gasteiger partial charge in [-0.1, -0.05) is 54.4 Å². The zero-order chi connectivity index (χ0) is 12.9. The second kappa shape index (κ2) is 7.53. The summed E-state index contributed by atoms with van der Waals surface area (Å²) in [5.41, 5.74) is 1.30. The van der Waals surface area contributed by atoms with Crippen LogP contribution in [0.1, 0.15) is 80.1 Å². The van der Waals surface area contributed by atoms with Crippen molar-refractivity contribution in [3.63, 3.8) is 0 Å². The normalized spacial score (nSPS) is 26.5. The molecule has 1 heterocycles. The molecule has 0 bridgehead atoms. The molecule has 0 N–H and O–H groups in total. The molecule has 0 atom stereocenters. The van der Waals surface area contributed by atoms with E-state index in [1.807, 2.05) is 0 Å². The van der Waals surface area contributed by atoms with E-state index < -0.39 is 0 Å². The highest BCUT2D eigenvalue weighted by atomic mass is 15.1. The molecule has 1 saturated heterocycles. The van der Waals surface area contributed by atoms with Crippen molar-refractivity contribution in [1.82, 2.24) is 4.90 Å². The first kappa shape index (κ1) is 18.0. The van der Waals surface area contributed by atoms with Crippen molar-refractivity contribution in [1.29, 1.82) is 0 Å². The fourth-order valence-corrected chi connectivity index (χ4v) is 2.73. The lowest BCUT2D eigenvalue weighted by Gasteiger charge is -2.34. The van der Waals surface area contributed by atoms with E-state index in [2.05, 4.69) is 39.6 Å². The highest BCUT2D eigenvalue weighted by molar-refractivity contribution is 4.76. The molecule has 2 fully saturated rings. The molecule has 0 amide bonds. The molecule has 0 aromatic heterocycles. The summed E-state index contributed by atoms with van der Waals surface area (Å²) in [6, 6.07) is 0. The minimum Gasteiger partial charge on any atom is -0.306 e. The largest absolute Gasteiger partial charge is 0.306 e. The lowest BCUT2D eigenvalue weighted by atomic mass is 9.78. The van der Waals surface area contributed by atoms with Gasteiger partial charge >= 0.3 is 0 Å². The van der Waals surface area contributed by atoms with Crippen LogP contribution in [0.2, 0.25) is 0 Å². The number of hydrogen-bond donors (Lipinski definition) is 0. The van der Waals surface area contributed by atoms with E-state index in [0.717, 1.165) is 0 Å². The lowest BCUT2D eigenvalue weighted by Crippen LogP contribution is -2.34. The predicted octanol–water partition coefficient (Wildman–Crippen LogP) is 5.35. The molecule has 18 heavy (non-hydrogen) atoms. The van der Waals surface area contributed by atoms with Crippen LogP contribution in [0.4, 0.5) is 0 Å². The molecule has 0 aromatic rings. The molecular weight excluding hydrogens is 218 g/mol. The molecule has 1 heteroatoms. The van der Waals surface area contributed by atoms with Crippen LogP contribution in [0.25, 0.3) is 0 Å². The second-order valence-electron chi connectivity index (χ2n) is 7.69. The molecule has 110 valence electrons. The van der Waals surface area contributed by atoms with Gasteiger partial charge in [0.25, 0.3) is 0 Å². The third kappa shape index (κ3) is 7.41. The van der Waals surface area contributed by atoms with Gasteiger partial charge in [-0.3, -0.25) is 0 Å². The first-order valence-corrected chi connectivity index (χ1v) is 7.49. The van der Waals surface area contributed by atoms with Gasteiger partial charge in [-0.05, 0) is 56.7 Å². The molecule has 1 nitrogen and oxygen atoms in total. The van der Waals surface area contributed by atoms with Crippen molar-refractivity contribution in [3.8, 4) is 0 Å². The third-order valence-electron chi connectivity index (χ3n) is 4.55. The summed E-state index contributed by atoms with van der Waals surface area (Å²) in [6.07, 6.45) is 10.0. The Labute approximate surface area is 116 Å². The van der Waals surface area contributed by atoms with Crippen molar-refractivity contribution in [2.24, 2.45) is 10.8 Å². The van der Waals surface area contributed by atoms with Crippen molar-refractivity contribution in [3.05, 3.63) is 0 Å². The first-order chi connectivity index (χ1) is 7.81. The van der Waals surface area contributed by atoms with Crippen LogP contribution in [-0.2, 0) is 0 Å². The molecular formula is C17H37N. The lowest BCUT2D eigenvalue weighted by molar-refractivity contribution is 0.157. The van der Waals surface area contributed by atoms with Gasteiger partial charge in [0.1, 0.15) is 0 Å². The highest BCUT2D eigenvalue weighted by Gasteiger charge is 2.22. The summed E-state index contributed by atoms with van der Waals surface area (Å²) in [5, 5.41) is 0. The molecule has 0 unspecified atom stereocenters. The number of rotatable bonds is 0. The van der Waals surface area contributed by atoms with Crippen LogP contribution in [-0.4, -0.2) is 25.0 Å². The minimum absolute atomic E-state index is 0. The van der Waals surface area contributed by atoms with Gasteiger partial charge in [0.15, 0.2) is 0 Å². The Kier molecular flexibility index (Phi) is 7.51. The van der Waals surface area contributed by atoms with Crippen LogP contribution in [0.5, 0.6) is 0 Å². The SMILES string of the molecule is C.CC1(C)CCCCC1.CN1CCC(C)(C)CC1. The Hall–Kier alpha value is -0.0400. The molecule has 1 aliphatic carbocycles. The van der Waals surface area contributed by atoms with Crippen molar-refractivity contribution < 1.29 is 0 Å². The number of piperidine rings is 1. The van der Waals surface area contributed by atoms with Gasteiger partial charge < -0.3 is 4.90 Å². The summed E-state index contributed by atoms with van der Waals surface area (Å²) in [7, 11) is 2.20. The van der Waals surface area contributed by atoms with E-state index in [1.165, 1.54) is 58.0 Å². The average molecular weight is 255 g/mol. The number of hydrogen-bond acceptors (Lipinski definition) is 1. The number of likely N-dealkylation sites (tertiary alicyclic amines) is 1. The Morgan fingerprint density at radius 2 is 1.06 bits per heavy atom.